The van der Waals surface area contributed by atoms with Gasteiger partial charge in [0.1, 0.15) is 5.75 Å². The van der Waals surface area contributed by atoms with E-state index in [1.54, 1.807) is 0 Å². The average Bonchev–Trinajstić information content (AvgIpc) is 2.48. The van der Waals surface area contributed by atoms with E-state index in [0.717, 1.165) is 22.2 Å². The van der Waals surface area contributed by atoms with Gasteiger partial charge < -0.3 is 4.74 Å². The van der Waals surface area contributed by atoms with Gasteiger partial charge in [-0.2, -0.15) is 0 Å². The predicted octanol–water partition coefficient (Wildman–Crippen LogP) is 3.59. The number of nitrogens with two attached hydrogens (primary N) is 1. The number of hydrogen-bond acceptors (Lipinski definition) is 3. The topological polar surface area (TPSA) is 47.3 Å². The highest BCUT2D eigenvalue weighted by Crippen LogP contribution is 2.29. The third-order valence-corrected chi connectivity index (χ3v) is 3.95. The molecule has 0 radical (unpaired) electrons. The van der Waals surface area contributed by atoms with Gasteiger partial charge in [0, 0.05) is 10.0 Å². The largest absolute Gasteiger partial charge is 0.494 e. The molecule has 2 rings (SSSR count). The van der Waals surface area contributed by atoms with E-state index >= 15 is 0 Å². The maximum Gasteiger partial charge on any atom is 0.124 e. The maximum atomic E-state index is 5.75. The molecule has 106 valence electrons. The zero-order chi connectivity index (χ0) is 14.4. The summed E-state index contributed by atoms with van der Waals surface area (Å²) in [6.07, 6.45) is 0.794. The Labute approximate surface area is 128 Å². The normalized spacial score (nSPS) is 12.2. The first-order valence-corrected chi connectivity index (χ1v) is 7.46. The molecule has 0 spiro atoms. The van der Waals surface area contributed by atoms with Crippen LogP contribution in [-0.2, 0) is 6.42 Å². The van der Waals surface area contributed by atoms with Crippen LogP contribution in [0.3, 0.4) is 0 Å². The average molecular weight is 335 g/mol. The van der Waals surface area contributed by atoms with Gasteiger partial charge in [-0.25, -0.2) is 0 Å². The van der Waals surface area contributed by atoms with E-state index in [1.807, 2.05) is 49.4 Å². The van der Waals surface area contributed by atoms with Crippen LogP contribution in [0.2, 0.25) is 0 Å². The van der Waals surface area contributed by atoms with Crippen molar-refractivity contribution in [3.63, 3.8) is 0 Å². The van der Waals surface area contributed by atoms with Crippen LogP contribution in [0, 0.1) is 0 Å². The van der Waals surface area contributed by atoms with Crippen molar-refractivity contribution in [2.75, 3.05) is 6.61 Å². The number of hydrogen-bond donors (Lipinski definition) is 2. The summed E-state index contributed by atoms with van der Waals surface area (Å²) in [5.41, 5.74) is 5.18. The molecule has 1 unspecified atom stereocenters. The van der Waals surface area contributed by atoms with Crippen molar-refractivity contribution in [3.8, 4) is 5.75 Å². The molecule has 0 aliphatic heterocycles. The zero-order valence-corrected chi connectivity index (χ0v) is 13.1. The fraction of sp³-hybridized carbons (Fsp3) is 0.250. The molecule has 0 aliphatic rings. The van der Waals surface area contributed by atoms with E-state index in [9.17, 15) is 0 Å². The van der Waals surface area contributed by atoms with Gasteiger partial charge in [0.15, 0.2) is 0 Å². The number of para-hydroxylation sites is 1. The molecular formula is C16H19BrN2O. The highest BCUT2D eigenvalue weighted by molar-refractivity contribution is 9.10. The van der Waals surface area contributed by atoms with E-state index in [2.05, 4.69) is 27.4 Å². The van der Waals surface area contributed by atoms with Crippen molar-refractivity contribution < 1.29 is 4.74 Å². The standard InChI is InChI=1S/C16H19BrN2O/c1-2-20-16-10-6-4-8-13(16)15(19-18)11-12-7-3-5-9-14(12)17/h3-10,15,19H,2,11,18H2,1H3. The van der Waals surface area contributed by atoms with Crippen molar-refractivity contribution in [1.29, 1.82) is 0 Å². The van der Waals surface area contributed by atoms with Crippen molar-refractivity contribution >= 4 is 15.9 Å². The molecule has 1 atom stereocenters. The minimum absolute atomic E-state index is 0.0106. The lowest BCUT2D eigenvalue weighted by atomic mass is 9.98. The van der Waals surface area contributed by atoms with Crippen molar-refractivity contribution in [3.05, 3.63) is 64.1 Å². The van der Waals surface area contributed by atoms with Crippen LogP contribution in [0.1, 0.15) is 24.1 Å². The Bertz CT molecular complexity index is 560. The number of nitrogens with one attached hydrogen (secondary N) is 1. The lowest BCUT2D eigenvalue weighted by Gasteiger charge is -2.20. The molecule has 2 aromatic carbocycles. The third kappa shape index (κ3) is 3.60. The fourth-order valence-electron chi connectivity index (χ4n) is 2.20. The minimum atomic E-state index is 0.0106. The molecule has 3 N–H and O–H groups in total. The lowest BCUT2D eigenvalue weighted by molar-refractivity contribution is 0.331. The van der Waals surface area contributed by atoms with Gasteiger partial charge in [0.25, 0.3) is 0 Å². The Morgan fingerprint density at radius 2 is 1.85 bits per heavy atom. The molecule has 0 heterocycles. The Morgan fingerprint density at radius 1 is 1.15 bits per heavy atom. The summed E-state index contributed by atoms with van der Waals surface area (Å²) in [6.45, 7) is 2.62. The third-order valence-electron chi connectivity index (χ3n) is 3.18. The molecule has 0 amide bonds. The Hall–Kier alpha value is -1.36. The highest BCUT2D eigenvalue weighted by Gasteiger charge is 2.16. The van der Waals surface area contributed by atoms with Gasteiger partial charge in [-0.1, -0.05) is 52.3 Å². The smallest absolute Gasteiger partial charge is 0.124 e. The van der Waals surface area contributed by atoms with Crippen molar-refractivity contribution in [2.24, 2.45) is 5.84 Å². The van der Waals surface area contributed by atoms with Gasteiger partial charge in [-0.3, -0.25) is 11.3 Å². The second kappa shape index (κ2) is 7.43. The summed E-state index contributed by atoms with van der Waals surface area (Å²) >= 11 is 3.58. The van der Waals surface area contributed by atoms with Crippen molar-refractivity contribution in [2.45, 2.75) is 19.4 Å². The first-order valence-electron chi connectivity index (χ1n) is 6.67. The van der Waals surface area contributed by atoms with Crippen LogP contribution in [-0.4, -0.2) is 6.61 Å². The van der Waals surface area contributed by atoms with Gasteiger partial charge in [-0.05, 0) is 31.0 Å². The summed E-state index contributed by atoms with van der Waals surface area (Å²) in [6, 6.07) is 16.2. The maximum absolute atomic E-state index is 5.75. The quantitative estimate of drug-likeness (QED) is 0.626. The summed E-state index contributed by atoms with van der Waals surface area (Å²) < 4.78 is 6.77. The van der Waals surface area contributed by atoms with E-state index in [0.29, 0.717) is 6.61 Å². The fourth-order valence-corrected chi connectivity index (χ4v) is 2.64. The van der Waals surface area contributed by atoms with Crippen LogP contribution in [0.5, 0.6) is 5.75 Å². The number of hydrazine groups is 1. The van der Waals surface area contributed by atoms with Crippen LogP contribution in [0.4, 0.5) is 0 Å². The molecule has 0 bridgehead atoms. The second-order valence-corrected chi connectivity index (χ2v) is 5.34. The molecule has 0 aliphatic carbocycles. The molecule has 0 aromatic heterocycles. The van der Waals surface area contributed by atoms with Crippen LogP contribution in [0.15, 0.2) is 53.0 Å². The SMILES string of the molecule is CCOc1ccccc1C(Cc1ccccc1Br)NN. The van der Waals surface area contributed by atoms with Crippen LogP contribution in [0.25, 0.3) is 0 Å². The highest BCUT2D eigenvalue weighted by atomic mass is 79.9. The first kappa shape index (κ1) is 15.0. The summed E-state index contributed by atoms with van der Waals surface area (Å²) in [5.74, 6) is 6.63. The van der Waals surface area contributed by atoms with E-state index < -0.39 is 0 Å². The molecule has 3 nitrogen and oxygen atoms in total. The van der Waals surface area contributed by atoms with Gasteiger partial charge in [0.2, 0.25) is 0 Å². The first-order chi connectivity index (χ1) is 9.76. The monoisotopic (exact) mass is 334 g/mol. The minimum Gasteiger partial charge on any atom is -0.494 e. The van der Waals surface area contributed by atoms with Crippen molar-refractivity contribution in [1.82, 2.24) is 5.43 Å². The van der Waals surface area contributed by atoms with Gasteiger partial charge in [0.05, 0.1) is 12.6 Å². The van der Waals surface area contributed by atoms with Crippen LogP contribution >= 0.6 is 15.9 Å². The summed E-state index contributed by atoms with van der Waals surface area (Å²) in [7, 11) is 0. The molecular weight excluding hydrogens is 316 g/mol. The molecule has 0 saturated carbocycles. The Balaban J connectivity index is 2.27. The van der Waals surface area contributed by atoms with E-state index in [4.69, 9.17) is 10.6 Å². The van der Waals surface area contributed by atoms with Crippen LogP contribution < -0.4 is 16.0 Å². The molecule has 4 heteroatoms. The molecule has 2 aromatic rings. The molecule has 0 saturated heterocycles. The Kier molecular flexibility index (Phi) is 5.59. The van der Waals surface area contributed by atoms with E-state index in [1.165, 1.54) is 5.56 Å². The number of ether oxygens (including phenoxy) is 1. The van der Waals surface area contributed by atoms with E-state index in [-0.39, 0.29) is 6.04 Å². The summed E-state index contributed by atoms with van der Waals surface area (Å²) in [5, 5.41) is 0. The molecule has 20 heavy (non-hydrogen) atoms. The lowest BCUT2D eigenvalue weighted by Crippen LogP contribution is -2.30. The van der Waals surface area contributed by atoms with Gasteiger partial charge in [-0.15, -0.1) is 0 Å². The molecule has 0 fully saturated rings. The van der Waals surface area contributed by atoms with Gasteiger partial charge >= 0.3 is 0 Å². The predicted molar refractivity (Wildman–Crippen MR) is 85.5 cm³/mol. The number of halogens is 1. The summed E-state index contributed by atoms with van der Waals surface area (Å²) in [4.78, 5) is 0. The Morgan fingerprint density at radius 3 is 2.55 bits per heavy atom. The zero-order valence-electron chi connectivity index (χ0n) is 11.5. The number of rotatable bonds is 6. The number of benzene rings is 2. The second-order valence-electron chi connectivity index (χ2n) is 4.49.